The lowest BCUT2D eigenvalue weighted by molar-refractivity contribution is -0.119. The lowest BCUT2D eigenvalue weighted by atomic mass is 9.99. The molecule has 0 saturated heterocycles. The monoisotopic (exact) mass is 459 g/mol. The quantitative estimate of drug-likeness (QED) is 0.445. The molecular formula is C25H29N7O2. The van der Waals surface area contributed by atoms with Crippen LogP contribution in [0.25, 0.3) is 22.0 Å². The fourth-order valence-electron chi connectivity index (χ4n) is 4.73. The van der Waals surface area contributed by atoms with Crippen molar-refractivity contribution in [3.05, 3.63) is 35.8 Å². The first-order valence-corrected chi connectivity index (χ1v) is 11.7. The number of fused-ring (bicyclic) bond motifs is 2. The summed E-state index contributed by atoms with van der Waals surface area (Å²) in [6, 6.07) is 3.80. The van der Waals surface area contributed by atoms with Gasteiger partial charge >= 0.3 is 0 Å². The zero-order valence-electron chi connectivity index (χ0n) is 19.4. The van der Waals surface area contributed by atoms with E-state index in [1.54, 1.807) is 6.20 Å². The molecule has 1 fully saturated rings. The molecule has 0 unspecified atom stereocenters. The Bertz CT molecular complexity index is 1290. The van der Waals surface area contributed by atoms with E-state index in [4.69, 9.17) is 5.73 Å². The topological polar surface area (TPSA) is 135 Å². The van der Waals surface area contributed by atoms with Crippen LogP contribution in [-0.2, 0) is 16.0 Å². The number of aryl methyl sites for hydroxylation is 1. The number of nitrogens with two attached hydrogens (primary N) is 1. The van der Waals surface area contributed by atoms with Crippen LogP contribution in [0.5, 0.6) is 0 Å². The summed E-state index contributed by atoms with van der Waals surface area (Å²) in [6.07, 6.45) is 7.21. The second kappa shape index (κ2) is 8.89. The number of nitrogen functional groups attached to an aromatic ring is 1. The van der Waals surface area contributed by atoms with Crippen LogP contribution >= 0.6 is 0 Å². The van der Waals surface area contributed by atoms with Gasteiger partial charge in [-0.2, -0.15) is 0 Å². The van der Waals surface area contributed by atoms with E-state index in [2.05, 4.69) is 37.8 Å². The SMILES string of the molecule is CC(=O)NCC[C@H]1C[C@H]1C(=O)Nc1cc2cc(-c3cnc4c(c3C)NCCC4)nc(N)c2cn1. The number of aromatic nitrogens is 3. The average molecular weight is 460 g/mol. The summed E-state index contributed by atoms with van der Waals surface area (Å²) in [6.45, 7) is 5.11. The Labute approximate surface area is 198 Å². The number of carbonyl (C=O) groups excluding carboxylic acids is 2. The molecule has 4 heterocycles. The zero-order chi connectivity index (χ0) is 23.8. The number of pyridine rings is 3. The molecule has 2 atom stereocenters. The molecule has 1 saturated carbocycles. The molecule has 9 heteroatoms. The Balaban J connectivity index is 1.36. The Kier molecular flexibility index (Phi) is 5.77. The van der Waals surface area contributed by atoms with Gasteiger partial charge in [0, 0.05) is 49.3 Å². The highest BCUT2D eigenvalue weighted by atomic mass is 16.2. The van der Waals surface area contributed by atoms with Crippen molar-refractivity contribution in [1.82, 2.24) is 20.3 Å². The number of anilines is 3. The van der Waals surface area contributed by atoms with Crippen molar-refractivity contribution >= 4 is 39.9 Å². The van der Waals surface area contributed by atoms with Crippen molar-refractivity contribution in [3.8, 4) is 11.3 Å². The third-order valence-corrected chi connectivity index (χ3v) is 6.73. The van der Waals surface area contributed by atoms with Gasteiger partial charge in [0.1, 0.15) is 11.6 Å². The molecule has 9 nitrogen and oxygen atoms in total. The zero-order valence-corrected chi connectivity index (χ0v) is 19.4. The van der Waals surface area contributed by atoms with Crippen molar-refractivity contribution in [1.29, 1.82) is 0 Å². The minimum atomic E-state index is -0.0484. The first-order chi connectivity index (χ1) is 16.4. The Morgan fingerprint density at radius 2 is 2.09 bits per heavy atom. The number of nitrogens with one attached hydrogen (secondary N) is 3. The molecule has 0 radical (unpaired) electrons. The van der Waals surface area contributed by atoms with E-state index in [-0.39, 0.29) is 17.7 Å². The molecule has 1 aliphatic heterocycles. The summed E-state index contributed by atoms with van der Waals surface area (Å²) in [7, 11) is 0. The first-order valence-electron chi connectivity index (χ1n) is 11.7. The highest BCUT2D eigenvalue weighted by Gasteiger charge is 2.42. The first kappa shape index (κ1) is 22.1. The molecule has 176 valence electrons. The van der Waals surface area contributed by atoms with Gasteiger partial charge in [-0.25, -0.2) is 9.97 Å². The molecule has 34 heavy (non-hydrogen) atoms. The lowest BCUT2D eigenvalue weighted by Crippen LogP contribution is -2.22. The summed E-state index contributed by atoms with van der Waals surface area (Å²) >= 11 is 0. The summed E-state index contributed by atoms with van der Waals surface area (Å²) in [4.78, 5) is 37.3. The van der Waals surface area contributed by atoms with Crippen molar-refractivity contribution < 1.29 is 9.59 Å². The molecule has 5 N–H and O–H groups in total. The largest absolute Gasteiger partial charge is 0.383 e. The second-order valence-corrected chi connectivity index (χ2v) is 9.20. The van der Waals surface area contributed by atoms with E-state index >= 15 is 0 Å². The van der Waals surface area contributed by atoms with E-state index in [9.17, 15) is 9.59 Å². The van der Waals surface area contributed by atoms with Crippen LogP contribution in [0.2, 0.25) is 0 Å². The highest BCUT2D eigenvalue weighted by Crippen LogP contribution is 2.42. The summed E-state index contributed by atoms with van der Waals surface area (Å²) in [5, 5.41) is 10.8. The van der Waals surface area contributed by atoms with Crippen LogP contribution in [0, 0.1) is 18.8 Å². The Morgan fingerprint density at radius 1 is 1.24 bits per heavy atom. The summed E-state index contributed by atoms with van der Waals surface area (Å²) in [5.41, 5.74) is 11.2. The van der Waals surface area contributed by atoms with Gasteiger partial charge in [-0.05, 0) is 61.6 Å². The van der Waals surface area contributed by atoms with Crippen LogP contribution < -0.4 is 21.7 Å². The van der Waals surface area contributed by atoms with E-state index in [1.807, 2.05) is 18.3 Å². The third-order valence-electron chi connectivity index (χ3n) is 6.73. The minimum absolute atomic E-state index is 0.0391. The van der Waals surface area contributed by atoms with Gasteiger partial charge in [-0.1, -0.05) is 0 Å². The minimum Gasteiger partial charge on any atom is -0.383 e. The van der Waals surface area contributed by atoms with Crippen molar-refractivity contribution in [2.24, 2.45) is 11.8 Å². The predicted octanol–water partition coefficient (Wildman–Crippen LogP) is 3.04. The lowest BCUT2D eigenvalue weighted by Gasteiger charge is -2.21. The number of amides is 2. The van der Waals surface area contributed by atoms with Gasteiger partial charge in [-0.3, -0.25) is 14.6 Å². The standard InChI is InChI=1S/C25H29N7O2/c1-13-18(11-29-20-4-3-6-28-23(13)20)21-9-16-10-22(30-12-19(16)24(26)31-21)32-25(34)17-8-15(17)5-7-27-14(2)33/h9-12,15,17,28H,3-8H2,1-2H3,(H2,26,31)(H,27,33)(H,30,32,34)/t15-,17+/m0/s1. The molecule has 2 aliphatic rings. The van der Waals surface area contributed by atoms with E-state index < -0.39 is 0 Å². The van der Waals surface area contributed by atoms with Gasteiger partial charge < -0.3 is 21.7 Å². The molecular weight excluding hydrogens is 430 g/mol. The van der Waals surface area contributed by atoms with E-state index in [0.717, 1.165) is 71.2 Å². The van der Waals surface area contributed by atoms with Crippen molar-refractivity contribution in [3.63, 3.8) is 0 Å². The van der Waals surface area contributed by atoms with Gasteiger partial charge in [0.25, 0.3) is 0 Å². The molecule has 1 aliphatic carbocycles. The van der Waals surface area contributed by atoms with Gasteiger partial charge in [-0.15, -0.1) is 0 Å². The van der Waals surface area contributed by atoms with E-state index in [0.29, 0.717) is 24.1 Å². The molecule has 0 aromatic carbocycles. The number of hydrogen-bond donors (Lipinski definition) is 4. The maximum Gasteiger partial charge on any atom is 0.228 e. The molecule has 2 amide bonds. The van der Waals surface area contributed by atoms with Gasteiger partial charge in [0.2, 0.25) is 11.8 Å². The van der Waals surface area contributed by atoms with Crippen molar-refractivity contribution in [2.45, 2.75) is 39.5 Å². The molecule has 0 bridgehead atoms. The average Bonchev–Trinajstić information content (AvgIpc) is 3.59. The maximum atomic E-state index is 12.7. The molecule has 3 aromatic heterocycles. The van der Waals surface area contributed by atoms with Gasteiger partial charge in [0.05, 0.1) is 17.1 Å². The smallest absolute Gasteiger partial charge is 0.228 e. The highest BCUT2D eigenvalue weighted by molar-refractivity contribution is 5.98. The maximum absolute atomic E-state index is 12.7. The Morgan fingerprint density at radius 3 is 2.91 bits per heavy atom. The summed E-state index contributed by atoms with van der Waals surface area (Å²) < 4.78 is 0. The molecule has 5 rings (SSSR count). The van der Waals surface area contributed by atoms with Crippen LogP contribution in [0.3, 0.4) is 0 Å². The van der Waals surface area contributed by atoms with Crippen molar-refractivity contribution in [2.75, 3.05) is 29.5 Å². The number of nitrogens with zero attached hydrogens (tertiary/aromatic N) is 3. The van der Waals surface area contributed by atoms with Crippen LogP contribution in [-0.4, -0.2) is 39.9 Å². The fraction of sp³-hybridized carbons (Fsp3) is 0.400. The number of rotatable bonds is 6. The molecule has 0 spiro atoms. The van der Waals surface area contributed by atoms with E-state index in [1.165, 1.54) is 6.92 Å². The molecule has 3 aromatic rings. The number of carbonyl (C=O) groups is 2. The third kappa shape index (κ3) is 4.37. The Hall–Kier alpha value is -3.75. The fourth-order valence-corrected chi connectivity index (χ4v) is 4.73. The predicted molar refractivity (Wildman–Crippen MR) is 132 cm³/mol. The van der Waals surface area contributed by atoms with Crippen LogP contribution in [0.4, 0.5) is 17.3 Å². The second-order valence-electron chi connectivity index (χ2n) is 9.20. The van der Waals surface area contributed by atoms with Gasteiger partial charge in [0.15, 0.2) is 0 Å². The number of hydrogen-bond acceptors (Lipinski definition) is 7. The normalized spacial score (nSPS) is 18.6. The van der Waals surface area contributed by atoms with Crippen LogP contribution in [0.15, 0.2) is 24.5 Å². The summed E-state index contributed by atoms with van der Waals surface area (Å²) in [5.74, 6) is 1.05. The van der Waals surface area contributed by atoms with Crippen LogP contribution in [0.1, 0.15) is 37.4 Å².